The van der Waals surface area contributed by atoms with Gasteiger partial charge in [0, 0.05) is 18.7 Å². The van der Waals surface area contributed by atoms with Crippen LogP contribution in [0.4, 0.5) is 5.13 Å². The number of fused-ring (bicyclic) bond motifs is 2. The highest BCUT2D eigenvalue weighted by Gasteiger charge is 2.22. The van der Waals surface area contributed by atoms with Gasteiger partial charge in [-0.2, -0.15) is 4.31 Å². The molecule has 0 bridgehead atoms. The van der Waals surface area contributed by atoms with Crippen LogP contribution in [-0.4, -0.2) is 36.7 Å². The number of hydrogen-bond acceptors (Lipinski definition) is 5. The summed E-state index contributed by atoms with van der Waals surface area (Å²) in [5.74, 6) is -0.248. The van der Waals surface area contributed by atoms with Gasteiger partial charge in [-0.1, -0.05) is 61.6 Å². The molecule has 0 fully saturated rings. The summed E-state index contributed by atoms with van der Waals surface area (Å²) < 4.78 is 27.7. The Hall–Kier alpha value is -2.81. The first kappa shape index (κ1) is 20.5. The van der Waals surface area contributed by atoms with Crippen LogP contribution in [0.5, 0.6) is 0 Å². The summed E-state index contributed by atoms with van der Waals surface area (Å²) in [6.45, 7) is 4.44. The van der Waals surface area contributed by atoms with Gasteiger partial charge in [0.1, 0.15) is 0 Å². The van der Waals surface area contributed by atoms with E-state index >= 15 is 0 Å². The zero-order valence-corrected chi connectivity index (χ0v) is 18.3. The molecule has 1 amide bonds. The number of amides is 1. The van der Waals surface area contributed by atoms with E-state index in [0.717, 1.165) is 10.8 Å². The van der Waals surface area contributed by atoms with Crippen LogP contribution in [0.3, 0.4) is 0 Å². The van der Waals surface area contributed by atoms with Gasteiger partial charge in [-0.15, -0.1) is 0 Å². The predicted molar refractivity (Wildman–Crippen MR) is 122 cm³/mol. The minimum atomic E-state index is -3.55. The number of nitrogens with zero attached hydrogens (tertiary/aromatic N) is 2. The van der Waals surface area contributed by atoms with Gasteiger partial charge in [-0.25, -0.2) is 13.4 Å². The lowest BCUT2D eigenvalue weighted by Gasteiger charge is -2.18. The molecule has 0 unspecified atom stereocenters. The van der Waals surface area contributed by atoms with Crippen LogP contribution in [0.25, 0.3) is 21.0 Å². The molecule has 4 rings (SSSR count). The van der Waals surface area contributed by atoms with Gasteiger partial charge in [-0.3, -0.25) is 10.1 Å². The van der Waals surface area contributed by atoms with Crippen molar-refractivity contribution in [2.45, 2.75) is 18.7 Å². The molecule has 1 N–H and O–H groups in total. The molecule has 4 aromatic rings. The van der Waals surface area contributed by atoms with Crippen molar-refractivity contribution >= 4 is 53.4 Å². The lowest BCUT2D eigenvalue weighted by atomic mass is 10.0. The molecule has 0 radical (unpaired) electrons. The molecule has 0 saturated carbocycles. The first-order valence-corrected chi connectivity index (χ1v) is 11.9. The third-order valence-corrected chi connectivity index (χ3v) is 7.94. The predicted octanol–water partition coefficient (Wildman–Crippen LogP) is 4.73. The third kappa shape index (κ3) is 3.69. The summed E-state index contributed by atoms with van der Waals surface area (Å²) in [6.07, 6.45) is 0. The Kier molecular flexibility index (Phi) is 5.55. The fourth-order valence-corrected chi connectivity index (χ4v) is 5.88. The molecular weight excluding hydrogens is 418 g/mol. The standard InChI is InChI=1S/C22H21N3O3S2/c1-3-25(4-2)30(27,28)16-12-13-19-20(14-16)29-22(23-19)24-21(26)18-11-7-9-15-8-5-6-10-17(15)18/h5-14H,3-4H2,1-2H3,(H,23,24,26). The Morgan fingerprint density at radius 3 is 2.53 bits per heavy atom. The molecule has 0 atom stereocenters. The number of rotatable bonds is 6. The van der Waals surface area contributed by atoms with Gasteiger partial charge in [0.15, 0.2) is 5.13 Å². The molecule has 1 aromatic heterocycles. The van der Waals surface area contributed by atoms with Crippen LogP contribution >= 0.6 is 11.3 Å². The number of anilines is 1. The van der Waals surface area contributed by atoms with Crippen LogP contribution in [0, 0.1) is 0 Å². The second-order valence-corrected chi connectivity index (χ2v) is 9.69. The summed E-state index contributed by atoms with van der Waals surface area (Å²) in [7, 11) is -3.55. The Labute approximate surface area is 179 Å². The smallest absolute Gasteiger partial charge is 0.258 e. The summed E-state index contributed by atoms with van der Waals surface area (Å²) in [5, 5.41) is 5.14. The number of nitrogens with one attached hydrogen (secondary N) is 1. The van der Waals surface area contributed by atoms with Crippen molar-refractivity contribution in [3.05, 3.63) is 66.2 Å². The van der Waals surface area contributed by atoms with Crippen LogP contribution in [-0.2, 0) is 10.0 Å². The normalized spacial score (nSPS) is 12.0. The second-order valence-electron chi connectivity index (χ2n) is 6.72. The summed E-state index contributed by atoms with van der Waals surface area (Å²) >= 11 is 1.26. The zero-order chi connectivity index (χ0) is 21.3. The highest BCUT2D eigenvalue weighted by molar-refractivity contribution is 7.89. The van der Waals surface area contributed by atoms with Crippen molar-refractivity contribution in [2.75, 3.05) is 18.4 Å². The molecule has 6 nitrogen and oxygen atoms in total. The minimum Gasteiger partial charge on any atom is -0.298 e. The summed E-state index contributed by atoms with van der Waals surface area (Å²) in [6, 6.07) is 18.1. The van der Waals surface area contributed by atoms with Gasteiger partial charge < -0.3 is 0 Å². The highest BCUT2D eigenvalue weighted by atomic mass is 32.2. The van der Waals surface area contributed by atoms with Gasteiger partial charge >= 0.3 is 0 Å². The number of aromatic nitrogens is 1. The van der Waals surface area contributed by atoms with Crippen molar-refractivity contribution in [3.63, 3.8) is 0 Å². The van der Waals surface area contributed by atoms with Gasteiger partial charge in [0.2, 0.25) is 10.0 Å². The average molecular weight is 440 g/mol. The quantitative estimate of drug-likeness (QED) is 0.471. The Morgan fingerprint density at radius 2 is 1.77 bits per heavy atom. The zero-order valence-electron chi connectivity index (χ0n) is 16.6. The van der Waals surface area contributed by atoms with Crippen molar-refractivity contribution in [1.82, 2.24) is 9.29 Å². The van der Waals surface area contributed by atoms with E-state index in [-0.39, 0.29) is 10.8 Å². The van der Waals surface area contributed by atoms with E-state index < -0.39 is 10.0 Å². The van der Waals surface area contributed by atoms with Crippen LogP contribution in [0.2, 0.25) is 0 Å². The van der Waals surface area contributed by atoms with Crippen molar-refractivity contribution in [3.8, 4) is 0 Å². The molecule has 30 heavy (non-hydrogen) atoms. The van der Waals surface area contributed by atoms with Crippen molar-refractivity contribution in [2.24, 2.45) is 0 Å². The maximum Gasteiger partial charge on any atom is 0.258 e. The molecule has 3 aromatic carbocycles. The van der Waals surface area contributed by atoms with Gasteiger partial charge in [0.25, 0.3) is 5.91 Å². The lowest BCUT2D eigenvalue weighted by Crippen LogP contribution is -2.30. The van der Waals surface area contributed by atoms with E-state index in [9.17, 15) is 13.2 Å². The first-order chi connectivity index (χ1) is 14.4. The number of benzene rings is 3. The fraction of sp³-hybridized carbons (Fsp3) is 0.182. The summed E-state index contributed by atoms with van der Waals surface area (Å²) in [5.41, 5.74) is 1.21. The van der Waals surface area contributed by atoms with E-state index in [2.05, 4.69) is 10.3 Å². The van der Waals surface area contributed by atoms with E-state index in [1.54, 1.807) is 24.3 Å². The maximum atomic E-state index is 12.9. The monoisotopic (exact) mass is 439 g/mol. The second kappa shape index (κ2) is 8.14. The fourth-order valence-electron chi connectivity index (χ4n) is 3.42. The van der Waals surface area contributed by atoms with Crippen molar-refractivity contribution in [1.29, 1.82) is 0 Å². The molecule has 0 aliphatic heterocycles. The van der Waals surface area contributed by atoms with Crippen LogP contribution in [0.15, 0.2) is 65.6 Å². The molecule has 0 aliphatic rings. The summed E-state index contributed by atoms with van der Waals surface area (Å²) in [4.78, 5) is 17.5. The number of sulfonamides is 1. The SMILES string of the molecule is CCN(CC)S(=O)(=O)c1ccc2nc(NC(=O)c3cccc4ccccc34)sc2c1. The highest BCUT2D eigenvalue weighted by Crippen LogP contribution is 2.30. The van der Waals surface area contributed by atoms with Gasteiger partial charge in [-0.05, 0) is 35.0 Å². The van der Waals surface area contributed by atoms with Crippen LogP contribution in [0.1, 0.15) is 24.2 Å². The largest absolute Gasteiger partial charge is 0.298 e. The number of carbonyl (C=O) groups is 1. The molecule has 1 heterocycles. The molecule has 154 valence electrons. The van der Waals surface area contributed by atoms with E-state index in [4.69, 9.17) is 0 Å². The Morgan fingerprint density at radius 1 is 1.03 bits per heavy atom. The maximum absolute atomic E-state index is 12.9. The molecule has 0 saturated heterocycles. The number of carbonyl (C=O) groups excluding carboxylic acids is 1. The van der Waals surface area contributed by atoms with Crippen molar-refractivity contribution < 1.29 is 13.2 Å². The Balaban J connectivity index is 1.65. The lowest BCUT2D eigenvalue weighted by molar-refractivity contribution is 0.102. The average Bonchev–Trinajstić information content (AvgIpc) is 3.15. The van der Waals surface area contributed by atoms with E-state index in [1.807, 2.05) is 50.2 Å². The first-order valence-electron chi connectivity index (χ1n) is 9.64. The molecule has 8 heteroatoms. The Bertz CT molecular complexity index is 1340. The van der Waals surface area contributed by atoms with E-state index in [1.165, 1.54) is 15.6 Å². The van der Waals surface area contributed by atoms with E-state index in [0.29, 0.717) is 34.0 Å². The topological polar surface area (TPSA) is 79.4 Å². The molecule has 0 spiro atoms. The molecular formula is C22H21N3O3S2. The molecule has 0 aliphatic carbocycles. The van der Waals surface area contributed by atoms with Gasteiger partial charge in [0.05, 0.1) is 15.1 Å². The number of thiazole rings is 1. The minimum absolute atomic E-state index is 0.231. The number of hydrogen-bond donors (Lipinski definition) is 1. The van der Waals surface area contributed by atoms with Crippen LogP contribution < -0.4 is 5.32 Å². The third-order valence-electron chi connectivity index (χ3n) is 4.96.